The maximum Gasteiger partial charge on any atom is 0.331 e. The van der Waals surface area contributed by atoms with Crippen LogP contribution in [0, 0.1) is 5.92 Å². The van der Waals surface area contributed by atoms with Gasteiger partial charge in [-0.05, 0) is 25.7 Å². The highest BCUT2D eigenvalue weighted by Gasteiger charge is 2.34. The number of aliphatic hydroxyl groups is 2. The van der Waals surface area contributed by atoms with Gasteiger partial charge in [-0.1, -0.05) is 56.8 Å². The Bertz CT molecular complexity index is 537. The van der Waals surface area contributed by atoms with Crippen LogP contribution in [0.5, 0.6) is 0 Å². The van der Waals surface area contributed by atoms with Gasteiger partial charge in [0.05, 0.1) is 12.2 Å². The molecule has 4 N–H and O–H groups in total. The van der Waals surface area contributed by atoms with Crippen molar-refractivity contribution in [1.82, 2.24) is 0 Å². The number of rotatable bonds is 14. The molecule has 6 nitrogen and oxygen atoms in total. The molecule has 27 heavy (non-hydrogen) atoms. The highest BCUT2D eigenvalue weighted by atomic mass is 16.4. The van der Waals surface area contributed by atoms with E-state index >= 15 is 0 Å². The molecule has 0 saturated heterocycles. The van der Waals surface area contributed by atoms with Crippen molar-refractivity contribution in [3.8, 4) is 0 Å². The van der Waals surface area contributed by atoms with Gasteiger partial charge in [-0.25, -0.2) is 4.79 Å². The van der Waals surface area contributed by atoms with Gasteiger partial charge in [-0.15, -0.1) is 0 Å². The van der Waals surface area contributed by atoms with Crippen molar-refractivity contribution < 1.29 is 30.0 Å². The van der Waals surface area contributed by atoms with Gasteiger partial charge < -0.3 is 20.4 Å². The minimum atomic E-state index is -0.991. The minimum absolute atomic E-state index is 0.130. The van der Waals surface area contributed by atoms with Crippen LogP contribution >= 0.6 is 0 Å². The van der Waals surface area contributed by atoms with Crippen LogP contribution in [-0.4, -0.2) is 44.6 Å². The molecule has 0 unspecified atom stereocenters. The zero-order valence-corrected chi connectivity index (χ0v) is 16.3. The fourth-order valence-electron chi connectivity index (χ4n) is 3.58. The summed E-state index contributed by atoms with van der Waals surface area (Å²) in [5.74, 6) is -2.15. The fraction of sp³-hybridized carbons (Fsp3) is 0.714. The Hall–Kier alpha value is -1.66. The average molecular weight is 382 g/mol. The molecule has 0 saturated carbocycles. The Balaban J connectivity index is 2.62. The van der Waals surface area contributed by atoms with Crippen molar-refractivity contribution in [1.29, 1.82) is 0 Å². The lowest BCUT2D eigenvalue weighted by Gasteiger charge is -2.16. The number of hydrogen-bond donors (Lipinski definition) is 4. The Kier molecular flexibility index (Phi) is 11.0. The number of unbranched alkanes of at least 4 members (excludes halogenated alkanes) is 5. The second kappa shape index (κ2) is 12.7. The molecular formula is C21H34O6. The van der Waals surface area contributed by atoms with Crippen molar-refractivity contribution in [3.05, 3.63) is 23.3 Å². The molecule has 0 aliphatic heterocycles. The molecule has 0 amide bonds. The lowest BCUT2D eigenvalue weighted by Crippen LogP contribution is -2.15. The maximum atomic E-state index is 11.5. The van der Waals surface area contributed by atoms with Gasteiger partial charge in [0.25, 0.3) is 0 Å². The summed E-state index contributed by atoms with van der Waals surface area (Å²) in [6.45, 7) is 2.10. The first-order valence-electron chi connectivity index (χ1n) is 10.1. The summed E-state index contributed by atoms with van der Waals surface area (Å²) in [5.41, 5.74) is 1.02. The molecule has 3 atom stereocenters. The Morgan fingerprint density at radius 2 is 1.81 bits per heavy atom. The van der Waals surface area contributed by atoms with E-state index in [2.05, 4.69) is 6.92 Å². The zero-order chi connectivity index (χ0) is 20.2. The van der Waals surface area contributed by atoms with E-state index in [1.54, 1.807) is 12.2 Å². The summed E-state index contributed by atoms with van der Waals surface area (Å²) in [6.07, 6.45) is 9.72. The highest BCUT2D eigenvalue weighted by molar-refractivity contribution is 5.88. The zero-order valence-electron chi connectivity index (χ0n) is 16.3. The van der Waals surface area contributed by atoms with Crippen LogP contribution in [0.15, 0.2) is 23.3 Å². The summed E-state index contributed by atoms with van der Waals surface area (Å²) >= 11 is 0. The van der Waals surface area contributed by atoms with E-state index in [1.165, 1.54) is 0 Å². The van der Waals surface area contributed by atoms with E-state index < -0.39 is 24.1 Å². The van der Waals surface area contributed by atoms with Crippen LogP contribution in [0.4, 0.5) is 0 Å². The number of carbonyl (C=O) groups is 2. The third-order valence-electron chi connectivity index (χ3n) is 5.11. The fourth-order valence-corrected chi connectivity index (χ4v) is 3.58. The van der Waals surface area contributed by atoms with Crippen LogP contribution in [0.2, 0.25) is 0 Å². The largest absolute Gasteiger partial charge is 0.481 e. The molecule has 0 spiro atoms. The molecule has 0 aromatic rings. The lowest BCUT2D eigenvalue weighted by atomic mass is 9.92. The maximum absolute atomic E-state index is 11.5. The summed E-state index contributed by atoms with van der Waals surface area (Å²) in [4.78, 5) is 22.0. The summed E-state index contributed by atoms with van der Waals surface area (Å²) < 4.78 is 0. The molecule has 0 aromatic carbocycles. The topological polar surface area (TPSA) is 115 Å². The van der Waals surface area contributed by atoms with Crippen molar-refractivity contribution in [3.63, 3.8) is 0 Å². The molecule has 0 bridgehead atoms. The SMILES string of the molecule is CCCCC[C@H](O)C=C[C@@H]1C(CCCCCCC(=O)O)=C(C(=O)O)C[C@H]1O. The Labute approximate surface area is 161 Å². The van der Waals surface area contributed by atoms with Crippen LogP contribution < -0.4 is 0 Å². The van der Waals surface area contributed by atoms with Gasteiger partial charge >= 0.3 is 11.9 Å². The molecule has 6 heteroatoms. The van der Waals surface area contributed by atoms with Gasteiger partial charge in [-0.3, -0.25) is 4.79 Å². The van der Waals surface area contributed by atoms with Gasteiger partial charge in [0.1, 0.15) is 0 Å². The van der Waals surface area contributed by atoms with Gasteiger partial charge in [0.2, 0.25) is 0 Å². The summed E-state index contributed by atoms with van der Waals surface area (Å²) in [7, 11) is 0. The number of hydrogen-bond acceptors (Lipinski definition) is 4. The quantitative estimate of drug-likeness (QED) is 0.269. The number of carboxylic acids is 2. The standard InChI is InChI=1S/C21H34O6/c1-2-3-6-9-15(22)12-13-17-16(18(21(26)27)14-19(17)23)10-7-4-5-8-11-20(24)25/h12-13,15,17,19,22-23H,2-11,14H2,1H3,(H,24,25)(H,26,27)/t15-,17+,19+/m0/s1. The Morgan fingerprint density at radius 1 is 1.11 bits per heavy atom. The summed E-state index contributed by atoms with van der Waals surface area (Å²) in [6, 6.07) is 0. The molecule has 0 radical (unpaired) electrons. The number of aliphatic carboxylic acids is 2. The first-order valence-corrected chi connectivity index (χ1v) is 10.1. The minimum Gasteiger partial charge on any atom is -0.481 e. The molecule has 0 fully saturated rings. The van der Waals surface area contributed by atoms with Crippen molar-refractivity contribution in [2.24, 2.45) is 5.92 Å². The van der Waals surface area contributed by atoms with E-state index in [9.17, 15) is 24.9 Å². The number of aliphatic hydroxyl groups excluding tert-OH is 2. The molecular weight excluding hydrogens is 348 g/mol. The predicted molar refractivity (Wildman–Crippen MR) is 103 cm³/mol. The second-order valence-electron chi connectivity index (χ2n) is 7.36. The molecule has 0 heterocycles. The van der Waals surface area contributed by atoms with Crippen LogP contribution in [0.3, 0.4) is 0 Å². The second-order valence-corrected chi connectivity index (χ2v) is 7.36. The molecule has 1 rings (SSSR count). The molecule has 1 aliphatic carbocycles. The smallest absolute Gasteiger partial charge is 0.331 e. The van der Waals surface area contributed by atoms with Gasteiger partial charge in [0, 0.05) is 24.3 Å². The van der Waals surface area contributed by atoms with Crippen molar-refractivity contribution in [2.45, 2.75) is 89.8 Å². The molecule has 1 aliphatic rings. The molecule has 154 valence electrons. The van der Waals surface area contributed by atoms with Crippen LogP contribution in [0.25, 0.3) is 0 Å². The van der Waals surface area contributed by atoms with E-state index in [0.29, 0.717) is 19.3 Å². The first-order chi connectivity index (χ1) is 12.9. The monoisotopic (exact) mass is 382 g/mol. The first kappa shape index (κ1) is 23.4. The van der Waals surface area contributed by atoms with E-state index in [1.807, 2.05) is 0 Å². The third kappa shape index (κ3) is 8.71. The lowest BCUT2D eigenvalue weighted by molar-refractivity contribution is -0.137. The highest BCUT2D eigenvalue weighted by Crippen LogP contribution is 2.37. The van der Waals surface area contributed by atoms with Gasteiger partial charge in [0.15, 0.2) is 0 Å². The van der Waals surface area contributed by atoms with Crippen LogP contribution in [0.1, 0.15) is 77.6 Å². The predicted octanol–water partition coefficient (Wildman–Crippen LogP) is 3.67. The third-order valence-corrected chi connectivity index (χ3v) is 5.11. The van der Waals surface area contributed by atoms with Crippen molar-refractivity contribution in [2.75, 3.05) is 0 Å². The van der Waals surface area contributed by atoms with E-state index in [4.69, 9.17) is 5.11 Å². The van der Waals surface area contributed by atoms with E-state index in [-0.39, 0.29) is 24.3 Å². The Morgan fingerprint density at radius 3 is 2.44 bits per heavy atom. The van der Waals surface area contributed by atoms with Gasteiger partial charge in [-0.2, -0.15) is 0 Å². The summed E-state index contributed by atoms with van der Waals surface area (Å²) in [5, 5.41) is 38.4. The van der Waals surface area contributed by atoms with E-state index in [0.717, 1.165) is 44.1 Å². The average Bonchev–Trinajstić information content (AvgIpc) is 2.92. The number of carboxylic acid groups (broad SMARTS) is 2. The normalized spacial score (nSPS) is 21.1. The van der Waals surface area contributed by atoms with Crippen molar-refractivity contribution >= 4 is 11.9 Å². The van der Waals surface area contributed by atoms with Crippen LogP contribution in [-0.2, 0) is 9.59 Å². The molecule has 0 aromatic heterocycles.